The van der Waals surface area contributed by atoms with Crippen LogP contribution in [0, 0.1) is 22.7 Å². The molecule has 0 bridgehead atoms. The molecule has 4 aromatic rings. The van der Waals surface area contributed by atoms with Gasteiger partial charge >= 0.3 is 0 Å². The highest BCUT2D eigenvalue weighted by atomic mass is 32.2. The number of benzene rings is 4. The summed E-state index contributed by atoms with van der Waals surface area (Å²) in [6.45, 7) is 0. The van der Waals surface area contributed by atoms with E-state index in [1.165, 1.54) is 43.5 Å². The van der Waals surface area contributed by atoms with Gasteiger partial charge in [0.05, 0.1) is 39.4 Å². The number of amides is 2. The van der Waals surface area contributed by atoms with Crippen molar-refractivity contribution in [2.24, 2.45) is 0 Å². The van der Waals surface area contributed by atoms with Crippen LogP contribution in [0.3, 0.4) is 0 Å². The van der Waals surface area contributed by atoms with Gasteiger partial charge in [-0.05, 0) is 48.5 Å². The average molecular weight is 799 g/mol. The lowest BCUT2D eigenvalue weighted by atomic mass is 10.1. The average Bonchev–Trinajstić information content (AvgIpc) is 3.55. The number of nitrogens with zero attached hydrogens (tertiary/aromatic N) is 4. The van der Waals surface area contributed by atoms with Gasteiger partial charge in [-0.2, -0.15) is 10.5 Å². The number of fused-ring (bicyclic) bond motifs is 2. The Kier molecular flexibility index (Phi) is 9.89. The predicted octanol–water partition coefficient (Wildman–Crippen LogP) is 2.42. The fourth-order valence-electron chi connectivity index (χ4n) is 5.55. The minimum absolute atomic E-state index is 0.00373. The number of phenols is 1. The van der Waals surface area contributed by atoms with Gasteiger partial charge in [0.25, 0.3) is 11.8 Å². The van der Waals surface area contributed by atoms with Crippen molar-refractivity contribution in [1.29, 1.82) is 10.5 Å². The van der Waals surface area contributed by atoms with Crippen LogP contribution in [0.1, 0.15) is 31.8 Å². The summed E-state index contributed by atoms with van der Waals surface area (Å²) in [7, 11) is -13.9. The first-order valence-electron chi connectivity index (χ1n) is 14.7. The van der Waals surface area contributed by atoms with E-state index in [4.69, 9.17) is 10.00 Å². The monoisotopic (exact) mass is 798 g/mol. The van der Waals surface area contributed by atoms with Gasteiger partial charge in [0, 0.05) is 23.6 Å². The van der Waals surface area contributed by atoms with Gasteiger partial charge in [-0.25, -0.2) is 33.7 Å². The van der Waals surface area contributed by atoms with Crippen LogP contribution in [0.25, 0.3) is 0 Å². The van der Waals surface area contributed by atoms with Crippen LogP contribution < -0.4 is 14.5 Å². The summed E-state index contributed by atoms with van der Waals surface area (Å²) in [4.78, 5) is 27.0. The first kappa shape index (κ1) is 38.4. The summed E-state index contributed by atoms with van der Waals surface area (Å²) in [6, 6.07) is 19.6. The molecule has 0 atom stereocenters. The van der Waals surface area contributed by atoms with Gasteiger partial charge in [0.2, 0.25) is 0 Å². The Morgan fingerprint density at radius 2 is 1.09 bits per heavy atom. The minimum atomic E-state index is -3.92. The van der Waals surface area contributed by atoms with Crippen LogP contribution in [-0.4, -0.2) is 82.0 Å². The normalized spacial score (nSPS) is 15.2. The molecule has 20 heteroatoms. The van der Waals surface area contributed by atoms with Crippen molar-refractivity contribution in [1.82, 2.24) is 0 Å². The fraction of sp³-hybridized carbons (Fsp3) is 0.152. The van der Waals surface area contributed by atoms with Crippen molar-refractivity contribution in [2.45, 2.75) is 19.6 Å². The molecule has 6 rings (SSSR count). The summed E-state index contributed by atoms with van der Waals surface area (Å²) in [5.74, 6) is -3.59. The number of nitriles is 2. The van der Waals surface area contributed by atoms with E-state index in [2.05, 4.69) is 0 Å². The Labute approximate surface area is 304 Å². The van der Waals surface area contributed by atoms with Gasteiger partial charge in [-0.3, -0.25) is 19.4 Å². The molecule has 2 heterocycles. The topological polar surface area (TPSA) is 254 Å². The number of anilines is 2. The number of phenolic OH excluding ortho intramolecular Hbond substituents is 1. The lowest BCUT2D eigenvalue weighted by molar-refractivity contribution is 0.0983. The van der Waals surface area contributed by atoms with E-state index in [9.17, 15) is 53.6 Å². The number of carbonyl (C=O) groups is 2. The van der Waals surface area contributed by atoms with Gasteiger partial charge in [0.15, 0.2) is 50.8 Å². The van der Waals surface area contributed by atoms with Crippen LogP contribution in [0.15, 0.2) is 92.4 Å². The Morgan fingerprint density at radius 1 is 0.698 bits per heavy atom. The van der Waals surface area contributed by atoms with Gasteiger partial charge < -0.3 is 9.84 Å². The molecule has 0 aromatic heterocycles. The second-order valence-electron chi connectivity index (χ2n) is 11.6. The third-order valence-electron chi connectivity index (χ3n) is 7.94. The summed E-state index contributed by atoms with van der Waals surface area (Å²) in [5, 5.41) is 28.3. The zero-order chi connectivity index (χ0) is 39.3. The molecule has 53 heavy (non-hydrogen) atoms. The summed E-state index contributed by atoms with van der Waals surface area (Å²) in [6.07, 6.45) is 1.75. The number of ether oxygens (including phenoxy) is 1. The molecule has 0 unspecified atom stereocenters. The molecule has 2 aliphatic rings. The standard InChI is InChI=1S/C17H14N2O6S2.C16H12N2O6S2/c1-25-16-12(9-18)7-11(8-15(16)26(2,21)22)17(20)19-10-27(23,24)14-6-4-3-5-13(14)19;1-25(21,22)14-7-10(6-11(8-17)15(14)19)16(20)18-9-26(23,24)13-5-3-2-4-12(13)18/h3-8H,10H2,1-2H3;2-7,19H,9H2,1H3. The molecule has 16 nitrogen and oxygen atoms in total. The summed E-state index contributed by atoms with van der Waals surface area (Å²) >= 11 is 0. The van der Waals surface area contributed by atoms with Crippen molar-refractivity contribution in [3.05, 3.63) is 95.1 Å². The molecule has 2 aliphatic heterocycles. The number of para-hydroxylation sites is 2. The molecular weight excluding hydrogens is 773 g/mol. The van der Waals surface area contributed by atoms with Gasteiger partial charge in [0.1, 0.15) is 33.7 Å². The van der Waals surface area contributed by atoms with Crippen LogP contribution in [-0.2, 0) is 39.3 Å². The molecule has 0 saturated carbocycles. The molecule has 4 aromatic carbocycles. The molecule has 0 radical (unpaired) electrons. The van der Waals surface area contributed by atoms with E-state index in [0.29, 0.717) is 0 Å². The lowest BCUT2D eigenvalue weighted by Crippen LogP contribution is -2.30. The Hall–Kier alpha value is -5.80. The number of aromatic hydroxyl groups is 1. The number of rotatable bonds is 5. The second-order valence-corrected chi connectivity index (χ2v) is 19.4. The SMILES string of the molecule is COc1c(C#N)cc(C(=O)N2CS(=O)(=O)c3ccccc32)cc1S(C)(=O)=O.CS(=O)(=O)c1cc(C(=O)N2CS(=O)(=O)c3ccccc32)cc(C#N)c1O. The van der Waals surface area contributed by atoms with E-state index in [0.717, 1.165) is 40.5 Å². The van der Waals surface area contributed by atoms with Crippen LogP contribution in [0.2, 0.25) is 0 Å². The summed E-state index contributed by atoms with van der Waals surface area (Å²) < 4.78 is 102. The quantitative estimate of drug-likeness (QED) is 0.304. The van der Waals surface area contributed by atoms with Gasteiger partial charge in [-0.1, -0.05) is 24.3 Å². The Morgan fingerprint density at radius 3 is 1.49 bits per heavy atom. The lowest BCUT2D eigenvalue weighted by Gasteiger charge is -2.17. The maximum absolute atomic E-state index is 13.0. The van der Waals surface area contributed by atoms with Crippen LogP contribution in [0.4, 0.5) is 11.4 Å². The predicted molar refractivity (Wildman–Crippen MR) is 187 cm³/mol. The van der Waals surface area contributed by atoms with Crippen LogP contribution >= 0.6 is 0 Å². The zero-order valence-electron chi connectivity index (χ0n) is 27.7. The first-order chi connectivity index (χ1) is 24.7. The van der Waals surface area contributed by atoms with E-state index >= 15 is 0 Å². The zero-order valence-corrected chi connectivity index (χ0v) is 31.0. The summed E-state index contributed by atoms with van der Waals surface area (Å²) in [5.41, 5.74) is -0.500. The molecule has 0 aliphatic carbocycles. The number of hydrogen-bond donors (Lipinski definition) is 1. The van der Waals surface area contributed by atoms with E-state index in [1.54, 1.807) is 30.3 Å². The molecule has 1 N–H and O–H groups in total. The van der Waals surface area contributed by atoms with Crippen molar-refractivity contribution in [3.63, 3.8) is 0 Å². The van der Waals surface area contributed by atoms with Crippen molar-refractivity contribution < 1.29 is 53.1 Å². The smallest absolute Gasteiger partial charge is 0.259 e. The number of methoxy groups -OCH3 is 1. The highest BCUT2D eigenvalue weighted by molar-refractivity contribution is 7.92. The Balaban J connectivity index is 0.000000204. The van der Waals surface area contributed by atoms with E-state index < -0.39 is 79.1 Å². The maximum atomic E-state index is 13.0. The fourth-order valence-corrected chi connectivity index (χ4v) is 10.3. The third kappa shape index (κ3) is 7.17. The second kappa shape index (κ2) is 13.6. The van der Waals surface area contributed by atoms with Crippen molar-refractivity contribution in [2.75, 3.05) is 41.2 Å². The highest BCUT2D eigenvalue weighted by Crippen LogP contribution is 2.38. The molecule has 0 fully saturated rings. The molecular formula is C33H26N4O12S4. The minimum Gasteiger partial charge on any atom is -0.505 e. The van der Waals surface area contributed by atoms with E-state index in [1.807, 2.05) is 0 Å². The molecule has 274 valence electrons. The van der Waals surface area contributed by atoms with Crippen molar-refractivity contribution >= 4 is 62.5 Å². The third-order valence-corrected chi connectivity index (χ3v) is 13.4. The highest BCUT2D eigenvalue weighted by Gasteiger charge is 2.38. The Bertz CT molecular complexity index is 2790. The largest absolute Gasteiger partial charge is 0.505 e. The van der Waals surface area contributed by atoms with Crippen molar-refractivity contribution in [3.8, 4) is 23.6 Å². The number of hydrogen-bond acceptors (Lipinski definition) is 14. The van der Waals surface area contributed by atoms with Gasteiger partial charge in [-0.15, -0.1) is 0 Å². The molecule has 0 spiro atoms. The molecule has 2 amide bonds. The number of sulfone groups is 4. The van der Waals surface area contributed by atoms with E-state index in [-0.39, 0.29) is 48.5 Å². The first-order valence-corrected chi connectivity index (χ1v) is 21.8. The number of carbonyl (C=O) groups excluding carboxylic acids is 2. The molecule has 0 saturated heterocycles. The maximum Gasteiger partial charge on any atom is 0.259 e. The van der Waals surface area contributed by atoms with Crippen LogP contribution in [0.5, 0.6) is 11.5 Å².